The first-order valence-corrected chi connectivity index (χ1v) is 3.89. The van der Waals surface area contributed by atoms with Gasteiger partial charge in [0.25, 0.3) is 0 Å². The van der Waals surface area contributed by atoms with Gasteiger partial charge >= 0.3 is 5.97 Å². The molecule has 1 aliphatic heterocycles. The molecule has 0 amide bonds. The maximum atomic E-state index is 11.0. The predicted octanol–water partition coefficient (Wildman–Crippen LogP) is 0.462. The smallest absolute Gasteiger partial charge is 0.309 e. The minimum Gasteiger partial charge on any atom is -0.465 e. The molecule has 0 saturated carbocycles. The Morgan fingerprint density at radius 3 is 2.92 bits per heavy atom. The highest BCUT2D eigenvalue weighted by Gasteiger charge is 2.33. The van der Waals surface area contributed by atoms with Crippen LogP contribution in [0.15, 0.2) is 0 Å². The third-order valence-electron chi connectivity index (χ3n) is 2.10. The molecule has 12 heavy (non-hydrogen) atoms. The molecule has 1 rings (SSSR count). The first-order valence-electron chi connectivity index (χ1n) is 3.89. The second-order valence-corrected chi connectivity index (χ2v) is 3.06. The first kappa shape index (κ1) is 8.96. The number of nitrogens with zero attached hydrogens (tertiary/aromatic N) is 1. The number of hydrogen-bond donors (Lipinski definition) is 0. The number of rotatable bonds is 3. The Morgan fingerprint density at radius 1 is 1.83 bits per heavy atom. The second kappa shape index (κ2) is 3.51. The summed E-state index contributed by atoms with van der Waals surface area (Å²) in [7, 11) is 0. The van der Waals surface area contributed by atoms with Crippen molar-refractivity contribution in [1.29, 1.82) is 0 Å². The van der Waals surface area contributed by atoms with E-state index in [0.29, 0.717) is 13.0 Å². The number of carbonyl (C=O) groups is 1. The van der Waals surface area contributed by atoms with Crippen LogP contribution in [-0.4, -0.2) is 24.0 Å². The summed E-state index contributed by atoms with van der Waals surface area (Å²) in [5, 5.41) is 10.1. The van der Waals surface area contributed by atoms with Crippen LogP contribution >= 0.6 is 0 Å². The molecular weight excluding hydrogens is 162 g/mol. The zero-order valence-corrected chi connectivity index (χ0v) is 6.86. The van der Waals surface area contributed by atoms with E-state index in [1.54, 1.807) is 6.92 Å². The maximum absolute atomic E-state index is 11.0. The monoisotopic (exact) mass is 173 g/mol. The first-order chi connectivity index (χ1) is 5.61. The van der Waals surface area contributed by atoms with Crippen LogP contribution in [0.3, 0.4) is 0 Å². The molecule has 0 spiro atoms. The summed E-state index contributed by atoms with van der Waals surface area (Å²) in [6.45, 7) is 1.96. The van der Waals surface area contributed by atoms with E-state index in [9.17, 15) is 14.9 Å². The van der Waals surface area contributed by atoms with Gasteiger partial charge < -0.3 is 4.74 Å². The minimum absolute atomic E-state index is 0.153. The van der Waals surface area contributed by atoms with Crippen molar-refractivity contribution in [2.24, 2.45) is 11.8 Å². The standard InChI is InChI=1S/C7H11NO4/c1-5(4-8(10)11)6-2-3-12-7(6)9/h5-6H,2-4H2,1H3/t5-,6+/m0/s1. The molecule has 0 unspecified atom stereocenters. The summed E-state index contributed by atoms with van der Waals surface area (Å²) in [6.07, 6.45) is 0.619. The summed E-state index contributed by atoms with van der Waals surface area (Å²) in [5.41, 5.74) is 0. The number of carbonyl (C=O) groups excluding carboxylic acids is 1. The molecule has 2 atom stereocenters. The SMILES string of the molecule is C[C@@H](C[N+](=O)[O-])[C@H]1CCOC1=O. The molecule has 0 aromatic rings. The highest BCUT2D eigenvalue weighted by molar-refractivity contribution is 5.74. The van der Waals surface area contributed by atoms with Crippen molar-refractivity contribution in [3.63, 3.8) is 0 Å². The molecule has 0 N–H and O–H groups in total. The number of ether oxygens (including phenoxy) is 1. The predicted molar refractivity (Wildman–Crippen MR) is 40.1 cm³/mol. The van der Waals surface area contributed by atoms with Gasteiger partial charge in [0.1, 0.15) is 0 Å². The van der Waals surface area contributed by atoms with Crippen LogP contribution in [0.2, 0.25) is 0 Å². The Kier molecular flexibility index (Phi) is 2.62. The highest BCUT2D eigenvalue weighted by atomic mass is 16.6. The number of cyclic esters (lactones) is 1. The molecule has 0 aromatic heterocycles. The molecule has 1 saturated heterocycles. The van der Waals surface area contributed by atoms with Crippen molar-refractivity contribution in [3.8, 4) is 0 Å². The van der Waals surface area contributed by atoms with Gasteiger partial charge in [0, 0.05) is 10.8 Å². The van der Waals surface area contributed by atoms with Gasteiger partial charge in [0.2, 0.25) is 6.54 Å². The number of hydrogen-bond acceptors (Lipinski definition) is 4. The Morgan fingerprint density at radius 2 is 2.50 bits per heavy atom. The van der Waals surface area contributed by atoms with E-state index in [-0.39, 0.29) is 24.3 Å². The average molecular weight is 173 g/mol. The molecule has 68 valence electrons. The van der Waals surface area contributed by atoms with Crippen LogP contribution in [0, 0.1) is 22.0 Å². The Bertz CT molecular complexity index is 204. The van der Waals surface area contributed by atoms with Crippen LogP contribution in [0.5, 0.6) is 0 Å². The Hall–Kier alpha value is -1.13. The van der Waals surface area contributed by atoms with E-state index in [0.717, 1.165) is 0 Å². The maximum Gasteiger partial charge on any atom is 0.309 e. The molecule has 1 heterocycles. The van der Waals surface area contributed by atoms with Crippen molar-refractivity contribution in [3.05, 3.63) is 10.1 Å². The average Bonchev–Trinajstić information content (AvgIpc) is 2.33. The van der Waals surface area contributed by atoms with Crippen molar-refractivity contribution in [2.75, 3.05) is 13.2 Å². The summed E-state index contributed by atoms with van der Waals surface area (Å²) in [4.78, 5) is 20.7. The summed E-state index contributed by atoms with van der Waals surface area (Å²) in [6, 6.07) is 0. The van der Waals surface area contributed by atoms with Gasteiger partial charge in [-0.05, 0) is 6.42 Å². The van der Waals surface area contributed by atoms with E-state index in [4.69, 9.17) is 4.74 Å². The summed E-state index contributed by atoms with van der Waals surface area (Å²) >= 11 is 0. The molecule has 5 nitrogen and oxygen atoms in total. The lowest BCUT2D eigenvalue weighted by molar-refractivity contribution is -0.488. The molecule has 0 bridgehead atoms. The normalized spacial score (nSPS) is 25.1. The molecule has 0 aliphatic carbocycles. The van der Waals surface area contributed by atoms with Crippen molar-refractivity contribution in [2.45, 2.75) is 13.3 Å². The van der Waals surface area contributed by atoms with Crippen LogP contribution in [0.4, 0.5) is 0 Å². The van der Waals surface area contributed by atoms with Gasteiger partial charge in [-0.3, -0.25) is 14.9 Å². The lowest BCUT2D eigenvalue weighted by Crippen LogP contribution is -2.23. The van der Waals surface area contributed by atoms with Gasteiger partial charge in [0.05, 0.1) is 12.5 Å². The summed E-state index contributed by atoms with van der Waals surface area (Å²) < 4.78 is 4.71. The van der Waals surface area contributed by atoms with E-state index in [2.05, 4.69) is 0 Å². The van der Waals surface area contributed by atoms with Crippen LogP contribution in [0.25, 0.3) is 0 Å². The van der Waals surface area contributed by atoms with Crippen LogP contribution < -0.4 is 0 Å². The lowest BCUT2D eigenvalue weighted by atomic mass is 9.93. The highest BCUT2D eigenvalue weighted by Crippen LogP contribution is 2.22. The quantitative estimate of drug-likeness (QED) is 0.353. The fourth-order valence-corrected chi connectivity index (χ4v) is 1.39. The zero-order chi connectivity index (χ0) is 9.14. The zero-order valence-electron chi connectivity index (χ0n) is 6.86. The minimum atomic E-state index is -0.393. The van der Waals surface area contributed by atoms with E-state index >= 15 is 0 Å². The van der Waals surface area contributed by atoms with E-state index in [1.165, 1.54) is 0 Å². The van der Waals surface area contributed by atoms with Gasteiger partial charge in [-0.15, -0.1) is 0 Å². The van der Waals surface area contributed by atoms with Gasteiger partial charge in [0.15, 0.2) is 0 Å². The fourth-order valence-electron chi connectivity index (χ4n) is 1.39. The van der Waals surface area contributed by atoms with E-state index in [1.807, 2.05) is 0 Å². The third-order valence-corrected chi connectivity index (χ3v) is 2.10. The number of esters is 1. The molecule has 0 radical (unpaired) electrons. The summed E-state index contributed by atoms with van der Waals surface area (Å²) in [5.74, 6) is -0.769. The lowest BCUT2D eigenvalue weighted by Gasteiger charge is -2.09. The molecule has 5 heteroatoms. The van der Waals surface area contributed by atoms with Gasteiger partial charge in [-0.2, -0.15) is 0 Å². The third kappa shape index (κ3) is 1.93. The fraction of sp³-hybridized carbons (Fsp3) is 0.857. The van der Waals surface area contributed by atoms with E-state index < -0.39 is 4.92 Å². The molecule has 1 aliphatic rings. The number of nitro groups is 1. The molecular formula is C7H11NO4. The van der Waals surface area contributed by atoms with Crippen LogP contribution in [0.1, 0.15) is 13.3 Å². The van der Waals surface area contributed by atoms with Crippen molar-refractivity contribution in [1.82, 2.24) is 0 Å². The Balaban J connectivity index is 2.45. The topological polar surface area (TPSA) is 69.4 Å². The van der Waals surface area contributed by atoms with Gasteiger partial charge in [-0.25, -0.2) is 0 Å². The largest absolute Gasteiger partial charge is 0.465 e. The van der Waals surface area contributed by atoms with Gasteiger partial charge in [-0.1, -0.05) is 6.92 Å². The van der Waals surface area contributed by atoms with Crippen molar-refractivity contribution < 1.29 is 14.5 Å². The molecule has 1 fully saturated rings. The van der Waals surface area contributed by atoms with Crippen molar-refractivity contribution >= 4 is 5.97 Å². The second-order valence-electron chi connectivity index (χ2n) is 3.06. The van der Waals surface area contributed by atoms with Crippen LogP contribution in [-0.2, 0) is 9.53 Å². The molecule has 0 aromatic carbocycles. The Labute approximate surface area is 69.9 Å².